The smallest absolute Gasteiger partial charge is 0.135 e. The largest absolute Gasteiger partial charge is 0.456 e. The molecule has 2 nitrogen and oxygen atoms in total. The van der Waals surface area contributed by atoms with E-state index in [9.17, 15) is 0 Å². The Bertz CT molecular complexity index is 2570. The van der Waals surface area contributed by atoms with Gasteiger partial charge in [0.2, 0.25) is 0 Å². The molecule has 0 unspecified atom stereocenters. The maximum absolute atomic E-state index is 6.31. The van der Waals surface area contributed by atoms with Crippen LogP contribution in [-0.4, -0.2) is 0 Å². The molecule has 0 amide bonds. The van der Waals surface area contributed by atoms with Crippen LogP contribution in [0.15, 0.2) is 162 Å². The van der Waals surface area contributed by atoms with Crippen molar-refractivity contribution in [1.29, 1.82) is 0 Å². The van der Waals surface area contributed by atoms with Crippen LogP contribution < -0.4 is 4.90 Å². The van der Waals surface area contributed by atoms with Gasteiger partial charge >= 0.3 is 0 Å². The van der Waals surface area contributed by atoms with Gasteiger partial charge in [0.15, 0.2) is 0 Å². The molecule has 8 aromatic rings. The molecule has 12 rings (SSSR count). The maximum atomic E-state index is 6.31. The summed E-state index contributed by atoms with van der Waals surface area (Å²) >= 11 is 0. The van der Waals surface area contributed by atoms with Gasteiger partial charge in [0, 0.05) is 27.7 Å². The van der Waals surface area contributed by atoms with E-state index in [4.69, 9.17) is 4.42 Å². The first-order chi connectivity index (χ1) is 25.7. The zero-order valence-corrected chi connectivity index (χ0v) is 29.3. The van der Waals surface area contributed by atoms with Crippen LogP contribution in [0, 0.1) is 17.8 Å². The molecule has 1 aromatic heterocycles. The minimum Gasteiger partial charge on any atom is -0.456 e. The molecule has 0 spiro atoms. The van der Waals surface area contributed by atoms with Gasteiger partial charge in [0.05, 0.1) is 5.69 Å². The van der Waals surface area contributed by atoms with Crippen LogP contribution in [0.4, 0.5) is 17.1 Å². The molecular formula is C50H41NO. The predicted molar refractivity (Wildman–Crippen MR) is 217 cm³/mol. The summed E-state index contributed by atoms with van der Waals surface area (Å²) in [6.45, 7) is 0. The van der Waals surface area contributed by atoms with Gasteiger partial charge in [0.25, 0.3) is 0 Å². The highest BCUT2D eigenvalue weighted by molar-refractivity contribution is 6.10. The number of anilines is 3. The number of rotatable bonds is 6. The number of hydrogen-bond donors (Lipinski definition) is 0. The first-order valence-electron chi connectivity index (χ1n) is 19.2. The number of para-hydroxylation sites is 2. The minimum atomic E-state index is 0.363. The molecule has 0 N–H and O–H groups in total. The number of furan rings is 1. The van der Waals surface area contributed by atoms with Gasteiger partial charge in [-0.05, 0) is 137 Å². The molecule has 4 bridgehead atoms. The van der Waals surface area contributed by atoms with Gasteiger partial charge < -0.3 is 9.32 Å². The third-order valence-electron chi connectivity index (χ3n) is 12.8. The summed E-state index contributed by atoms with van der Waals surface area (Å²) in [6, 6.07) is 58.1. The van der Waals surface area contributed by atoms with E-state index in [-0.39, 0.29) is 0 Å². The minimum absolute atomic E-state index is 0.363. The third kappa shape index (κ3) is 4.77. The van der Waals surface area contributed by atoms with Crippen molar-refractivity contribution < 1.29 is 4.42 Å². The van der Waals surface area contributed by atoms with Crippen LogP contribution in [0.5, 0.6) is 0 Å². The van der Waals surface area contributed by atoms with Crippen molar-refractivity contribution in [3.63, 3.8) is 0 Å². The highest BCUT2D eigenvalue weighted by atomic mass is 16.3. The zero-order chi connectivity index (χ0) is 34.2. The number of hydrogen-bond acceptors (Lipinski definition) is 2. The second-order valence-corrected chi connectivity index (χ2v) is 16.0. The van der Waals surface area contributed by atoms with E-state index in [1.54, 1.807) is 5.56 Å². The quantitative estimate of drug-likeness (QED) is 0.175. The molecule has 0 aliphatic heterocycles. The molecule has 4 fully saturated rings. The van der Waals surface area contributed by atoms with Gasteiger partial charge in [-0.15, -0.1) is 0 Å². The SMILES string of the molecule is c1ccc(-c2cccc3cccc(-c4ccccc4N(c4ccc(C56CC7CC(CC(C7)C5)C6)cc4)c4ccc5oc6ccccc6c5c4)c23)cc1. The van der Waals surface area contributed by atoms with E-state index >= 15 is 0 Å². The van der Waals surface area contributed by atoms with E-state index in [1.165, 1.54) is 77.2 Å². The Morgan fingerprint density at radius 2 is 1.10 bits per heavy atom. The molecule has 0 atom stereocenters. The van der Waals surface area contributed by atoms with Crippen LogP contribution in [-0.2, 0) is 5.41 Å². The summed E-state index contributed by atoms with van der Waals surface area (Å²) in [4.78, 5) is 2.48. The summed E-state index contributed by atoms with van der Waals surface area (Å²) in [5.74, 6) is 2.77. The summed E-state index contributed by atoms with van der Waals surface area (Å²) in [5.41, 5.74) is 12.1. The topological polar surface area (TPSA) is 16.4 Å². The van der Waals surface area contributed by atoms with Gasteiger partial charge in [-0.25, -0.2) is 0 Å². The molecule has 4 aliphatic carbocycles. The lowest BCUT2D eigenvalue weighted by atomic mass is 9.48. The third-order valence-corrected chi connectivity index (χ3v) is 12.8. The average Bonchev–Trinajstić information content (AvgIpc) is 3.56. The lowest BCUT2D eigenvalue weighted by molar-refractivity contribution is -0.00518. The molecule has 4 saturated carbocycles. The van der Waals surface area contributed by atoms with Crippen molar-refractivity contribution >= 4 is 49.8 Å². The van der Waals surface area contributed by atoms with Gasteiger partial charge in [-0.3, -0.25) is 0 Å². The normalized spacial score (nSPS) is 22.0. The maximum Gasteiger partial charge on any atom is 0.135 e. The second-order valence-electron chi connectivity index (χ2n) is 16.0. The molecule has 1 heterocycles. The van der Waals surface area contributed by atoms with E-state index < -0.39 is 0 Å². The van der Waals surface area contributed by atoms with Gasteiger partial charge in [-0.1, -0.05) is 115 Å². The Hall–Kier alpha value is -5.60. The van der Waals surface area contributed by atoms with Crippen molar-refractivity contribution in [2.75, 3.05) is 4.90 Å². The molecule has 52 heavy (non-hydrogen) atoms. The fourth-order valence-corrected chi connectivity index (χ4v) is 11.0. The van der Waals surface area contributed by atoms with E-state index in [0.29, 0.717) is 5.41 Å². The standard InChI is InChI=1S/C50H41NO/c1-2-10-36(11-3-1)41-16-8-12-37-13-9-17-44(49(37)41)42-14-4-6-18-46(42)51(40-24-25-48-45(29-40)43-15-5-7-19-47(43)52-48)39-22-20-38(21-23-39)50-30-33-26-34(31-50)28-35(27-33)32-50/h1-25,29,33-35H,26-28,30-32H2. The Morgan fingerprint density at radius 3 is 1.87 bits per heavy atom. The summed E-state index contributed by atoms with van der Waals surface area (Å²) in [7, 11) is 0. The number of nitrogens with zero attached hydrogens (tertiary/aromatic N) is 1. The van der Waals surface area contributed by atoms with Crippen LogP contribution in [0.25, 0.3) is 55.0 Å². The molecular weight excluding hydrogens is 631 g/mol. The molecule has 0 saturated heterocycles. The van der Waals surface area contributed by atoms with Crippen molar-refractivity contribution in [3.8, 4) is 22.3 Å². The van der Waals surface area contributed by atoms with E-state index in [1.807, 2.05) is 6.07 Å². The van der Waals surface area contributed by atoms with E-state index in [0.717, 1.165) is 51.1 Å². The van der Waals surface area contributed by atoms with Crippen molar-refractivity contribution in [2.45, 2.75) is 43.9 Å². The van der Waals surface area contributed by atoms with Crippen molar-refractivity contribution in [3.05, 3.63) is 163 Å². The Kier molecular flexibility index (Phi) is 6.77. The summed E-state index contributed by atoms with van der Waals surface area (Å²) < 4.78 is 6.31. The monoisotopic (exact) mass is 671 g/mol. The lowest BCUT2D eigenvalue weighted by Gasteiger charge is -2.57. The van der Waals surface area contributed by atoms with Crippen LogP contribution in [0.1, 0.15) is 44.1 Å². The van der Waals surface area contributed by atoms with Crippen LogP contribution >= 0.6 is 0 Å². The fourth-order valence-electron chi connectivity index (χ4n) is 11.0. The molecule has 252 valence electrons. The molecule has 0 radical (unpaired) electrons. The first kappa shape index (κ1) is 30.1. The second kappa shape index (κ2) is 11.7. The van der Waals surface area contributed by atoms with Crippen molar-refractivity contribution in [1.82, 2.24) is 0 Å². The van der Waals surface area contributed by atoms with Gasteiger partial charge in [-0.2, -0.15) is 0 Å². The summed E-state index contributed by atoms with van der Waals surface area (Å²) in [6.07, 6.45) is 8.52. The highest BCUT2D eigenvalue weighted by Gasteiger charge is 2.51. The fraction of sp³-hybridized carbons (Fsp3) is 0.200. The Balaban J connectivity index is 1.11. The lowest BCUT2D eigenvalue weighted by Crippen LogP contribution is -2.48. The molecule has 4 aliphatic rings. The highest BCUT2D eigenvalue weighted by Crippen LogP contribution is 2.61. The predicted octanol–water partition coefficient (Wildman–Crippen LogP) is 14.0. The number of fused-ring (bicyclic) bond motifs is 4. The van der Waals surface area contributed by atoms with Crippen LogP contribution in [0.3, 0.4) is 0 Å². The first-order valence-corrected chi connectivity index (χ1v) is 19.2. The molecule has 7 aromatic carbocycles. The number of benzene rings is 7. The summed E-state index contributed by atoms with van der Waals surface area (Å²) in [5, 5.41) is 4.80. The van der Waals surface area contributed by atoms with Gasteiger partial charge in [0.1, 0.15) is 11.2 Å². The van der Waals surface area contributed by atoms with E-state index in [2.05, 4.69) is 157 Å². The molecule has 2 heteroatoms. The Morgan fingerprint density at radius 1 is 0.481 bits per heavy atom. The average molecular weight is 672 g/mol. The zero-order valence-electron chi connectivity index (χ0n) is 29.3. The van der Waals surface area contributed by atoms with Crippen molar-refractivity contribution in [2.24, 2.45) is 17.8 Å². The Labute approximate surface area is 305 Å². The van der Waals surface area contributed by atoms with Crippen LogP contribution in [0.2, 0.25) is 0 Å².